The van der Waals surface area contributed by atoms with Crippen LogP contribution in [0.5, 0.6) is 0 Å². The zero-order valence-corrected chi connectivity index (χ0v) is 40.0. The molecular weight excluding hydrogens is 849 g/mol. The number of aryl methyl sites for hydroxylation is 2. The van der Waals surface area contributed by atoms with Gasteiger partial charge in [-0.05, 0) is 130 Å². The van der Waals surface area contributed by atoms with Crippen molar-refractivity contribution in [2.24, 2.45) is 0 Å². The van der Waals surface area contributed by atoms with Crippen molar-refractivity contribution in [3.05, 3.63) is 191 Å². The lowest BCUT2D eigenvalue weighted by Gasteiger charge is -2.24. The van der Waals surface area contributed by atoms with Crippen LogP contribution >= 0.6 is 0 Å². The van der Waals surface area contributed by atoms with Crippen molar-refractivity contribution in [1.29, 1.82) is 0 Å². The number of H-pyrrole nitrogens is 2. The molecule has 0 saturated carbocycles. The average molecular weight is 903 g/mol. The Morgan fingerprint density at radius 3 is 1.78 bits per heavy atom. The first kappa shape index (κ1) is 43.7. The first-order chi connectivity index (χ1) is 33.6. The molecule has 2 N–H and O–H groups in total. The monoisotopic (exact) mass is 902 g/mol. The summed E-state index contributed by atoms with van der Waals surface area (Å²) in [5.74, 6) is -0.344. The van der Waals surface area contributed by atoms with Gasteiger partial charge in [0.25, 0.3) is 0 Å². The van der Waals surface area contributed by atoms with Crippen molar-refractivity contribution in [3.63, 3.8) is 0 Å². The number of carbonyl (C=O) groups is 2. The van der Waals surface area contributed by atoms with Crippen molar-refractivity contribution in [2.75, 3.05) is 7.11 Å². The number of ether oxygens (including phenoxy) is 1. The number of ketones is 1. The van der Waals surface area contributed by atoms with Gasteiger partial charge in [0.05, 0.1) is 29.7 Å². The van der Waals surface area contributed by atoms with Crippen LogP contribution in [0.4, 0.5) is 0 Å². The third-order valence-electron chi connectivity index (χ3n) is 14.9. The lowest BCUT2D eigenvalue weighted by Crippen LogP contribution is -2.09. The molecule has 5 aromatic carbocycles. The summed E-state index contributed by atoms with van der Waals surface area (Å²) < 4.78 is 5.15. The second-order valence-corrected chi connectivity index (χ2v) is 18.7. The Morgan fingerprint density at radius 2 is 1.17 bits per heavy atom. The summed E-state index contributed by atoms with van der Waals surface area (Å²) in [6.45, 7) is 10.8. The molecule has 340 valence electrons. The Hall–Kier alpha value is -7.90. The van der Waals surface area contributed by atoms with Gasteiger partial charge in [0.1, 0.15) is 0 Å². The smallest absolute Gasteiger partial charge is 0.305 e. The van der Waals surface area contributed by atoms with Gasteiger partial charge in [-0.15, -0.1) is 0 Å². The molecule has 3 aromatic heterocycles. The number of benzene rings is 5. The highest BCUT2D eigenvalue weighted by Gasteiger charge is 2.36. The van der Waals surface area contributed by atoms with Crippen LogP contribution in [0.1, 0.15) is 102 Å². The highest BCUT2D eigenvalue weighted by Crippen LogP contribution is 2.52. The van der Waals surface area contributed by atoms with E-state index in [0.717, 1.165) is 140 Å². The Balaban J connectivity index is 1.31. The predicted molar refractivity (Wildman–Crippen MR) is 281 cm³/mol. The molecule has 2 aliphatic heterocycles. The number of aromatic nitrogens is 4. The van der Waals surface area contributed by atoms with E-state index in [1.165, 1.54) is 7.11 Å². The molecule has 11 rings (SSSR count). The number of hydrogen-bond acceptors (Lipinski definition) is 5. The van der Waals surface area contributed by atoms with E-state index in [1.54, 1.807) is 0 Å². The summed E-state index contributed by atoms with van der Waals surface area (Å²) in [5, 5.41) is 0. The predicted octanol–water partition coefficient (Wildman–Crippen LogP) is 15.2. The number of methoxy groups -OCH3 is 1. The molecule has 0 fully saturated rings. The van der Waals surface area contributed by atoms with E-state index >= 15 is 0 Å². The van der Waals surface area contributed by atoms with Crippen molar-refractivity contribution in [1.82, 2.24) is 19.9 Å². The van der Waals surface area contributed by atoms with Gasteiger partial charge in [-0.3, -0.25) is 14.6 Å². The first-order valence-electron chi connectivity index (χ1n) is 24.1. The quantitative estimate of drug-likeness (QED) is 0.141. The van der Waals surface area contributed by atoms with Crippen LogP contribution in [0.15, 0.2) is 146 Å². The molecule has 0 saturated heterocycles. The van der Waals surface area contributed by atoms with E-state index in [-0.39, 0.29) is 36.4 Å². The molecule has 1 aliphatic carbocycles. The highest BCUT2D eigenvalue weighted by molar-refractivity contribution is 6.13. The molecule has 0 amide bonds. The number of hydrogen-bond donors (Lipinski definition) is 2. The Labute approximate surface area is 403 Å². The molecule has 7 nitrogen and oxygen atoms in total. The van der Waals surface area contributed by atoms with E-state index in [0.29, 0.717) is 6.42 Å². The molecule has 8 bridgehead atoms. The number of fused-ring (bicyclic) bond motifs is 8. The SMILES string of the molecule is CCC1=C(C)c2cc3[nH]c(cc4nc(c5c6[nH]c(cc1n2)c(C)c6C(=O)C5)[C@@H](CCC(=O)OC)[C@@H]4C)c(C)c3-c1cc(-c2ccccc2)c(-c2ccccc2)c(-c2ccccc2)c1-c1ccccc1. The van der Waals surface area contributed by atoms with E-state index in [4.69, 9.17) is 14.7 Å². The van der Waals surface area contributed by atoms with Gasteiger partial charge >= 0.3 is 5.97 Å². The fourth-order valence-corrected chi connectivity index (χ4v) is 11.3. The van der Waals surface area contributed by atoms with Crippen molar-refractivity contribution in [2.45, 2.75) is 72.1 Å². The van der Waals surface area contributed by atoms with E-state index in [2.05, 4.69) is 183 Å². The zero-order valence-electron chi connectivity index (χ0n) is 40.0. The fourth-order valence-electron chi connectivity index (χ4n) is 11.3. The maximum Gasteiger partial charge on any atom is 0.305 e. The number of esters is 1. The summed E-state index contributed by atoms with van der Waals surface area (Å²) in [7, 11) is 1.43. The molecule has 3 aliphatic rings. The molecule has 69 heavy (non-hydrogen) atoms. The molecule has 0 unspecified atom stereocenters. The van der Waals surface area contributed by atoms with E-state index in [9.17, 15) is 9.59 Å². The second-order valence-electron chi connectivity index (χ2n) is 18.7. The normalized spacial score (nSPS) is 15.2. The third-order valence-corrected chi connectivity index (χ3v) is 14.9. The maximum atomic E-state index is 14.0. The number of Topliss-reactive ketones (excluding diaryl/α,β-unsaturated/α-hetero) is 1. The molecule has 8 aromatic rings. The number of nitrogens with zero attached hydrogens (tertiary/aromatic N) is 2. The first-order valence-corrected chi connectivity index (χ1v) is 24.1. The van der Waals surface area contributed by atoms with Gasteiger partial charge in [-0.1, -0.05) is 135 Å². The molecule has 5 heterocycles. The summed E-state index contributed by atoms with van der Waals surface area (Å²) >= 11 is 0. The number of rotatable bonds is 9. The van der Waals surface area contributed by atoms with Crippen LogP contribution in [0.2, 0.25) is 0 Å². The van der Waals surface area contributed by atoms with Gasteiger partial charge in [-0.2, -0.15) is 0 Å². The van der Waals surface area contributed by atoms with Crippen LogP contribution < -0.4 is 0 Å². The third kappa shape index (κ3) is 7.44. The van der Waals surface area contributed by atoms with Gasteiger partial charge in [-0.25, -0.2) is 4.98 Å². The van der Waals surface area contributed by atoms with E-state index in [1.807, 2.05) is 6.92 Å². The lowest BCUT2D eigenvalue weighted by molar-refractivity contribution is -0.140. The maximum absolute atomic E-state index is 14.0. The Morgan fingerprint density at radius 1 is 0.623 bits per heavy atom. The minimum Gasteiger partial charge on any atom is -0.469 e. The zero-order chi connectivity index (χ0) is 47.5. The second kappa shape index (κ2) is 17.6. The summed E-state index contributed by atoms with van der Waals surface area (Å²) in [6.07, 6.45) is 1.84. The lowest BCUT2D eigenvalue weighted by atomic mass is 9.78. The van der Waals surface area contributed by atoms with Crippen LogP contribution in [-0.4, -0.2) is 38.8 Å². The van der Waals surface area contributed by atoms with Crippen molar-refractivity contribution >= 4 is 45.0 Å². The summed E-state index contributed by atoms with van der Waals surface area (Å²) in [6, 6.07) is 52.1. The summed E-state index contributed by atoms with van der Waals surface area (Å²) in [5.41, 5.74) is 24.2. The standard InChI is InChI=1S/C62H54N4O3/c1-7-43-35(2)48-34-53-56(46-30-45(39-20-12-8-13-21-39)58(40-22-14-9-15-23-40)60(42-26-18-11-19-27-42)59(46)41-24-16-10-17-25-41)37(4)50(64-53)32-49-36(3)44(28-29-55(68)69-6)61(65-49)47-31-54(67)57-38(5)51(66-62(47)57)33-52(43)63-48/h8-27,30,32-34,36,44,64,66H,7,28-29,31H2,1-6H3/t36-,44-/m0/s1. The van der Waals surface area contributed by atoms with E-state index < -0.39 is 0 Å². The van der Waals surface area contributed by atoms with Gasteiger partial charge in [0.2, 0.25) is 0 Å². The van der Waals surface area contributed by atoms with Crippen LogP contribution in [-0.2, 0) is 16.0 Å². The summed E-state index contributed by atoms with van der Waals surface area (Å²) in [4.78, 5) is 45.3. The molecule has 0 radical (unpaired) electrons. The largest absolute Gasteiger partial charge is 0.469 e. The number of carbonyl (C=O) groups excluding carboxylic acids is 2. The molecule has 0 spiro atoms. The topological polar surface area (TPSA) is 101 Å². The van der Waals surface area contributed by atoms with Crippen LogP contribution in [0, 0.1) is 13.8 Å². The Bertz CT molecular complexity index is 3570. The fraction of sp³-hybridized carbons (Fsp3) is 0.194. The van der Waals surface area contributed by atoms with Gasteiger partial charge in [0, 0.05) is 63.6 Å². The molecule has 2 atom stereocenters. The van der Waals surface area contributed by atoms with Crippen molar-refractivity contribution in [3.8, 4) is 55.6 Å². The minimum absolute atomic E-state index is 0.0553. The Kier molecular flexibility index (Phi) is 11.2. The molecular formula is C62H54N4O3. The number of nitrogens with one attached hydrogen (secondary N) is 2. The molecule has 7 heteroatoms. The van der Waals surface area contributed by atoms with Gasteiger partial charge < -0.3 is 14.7 Å². The van der Waals surface area contributed by atoms with Crippen molar-refractivity contribution < 1.29 is 14.3 Å². The van der Waals surface area contributed by atoms with Crippen LogP contribution in [0.3, 0.4) is 0 Å². The minimum atomic E-state index is -0.260. The highest BCUT2D eigenvalue weighted by atomic mass is 16.5. The number of allylic oxidation sites excluding steroid dienone is 2. The van der Waals surface area contributed by atoms with Crippen LogP contribution in [0.25, 0.3) is 88.8 Å². The average Bonchev–Trinajstić information content (AvgIpc) is 4.15. The van der Waals surface area contributed by atoms with Gasteiger partial charge in [0.15, 0.2) is 5.78 Å². The number of aromatic amines is 2.